The van der Waals surface area contributed by atoms with E-state index in [-0.39, 0.29) is 15.6 Å². The fraction of sp³-hybridized carbons (Fsp3) is 0.483. The Labute approximate surface area is 217 Å². The average molecular weight is 555 g/mol. The number of hydrogen-bond donors (Lipinski definition) is 0. The molecule has 4 nitrogen and oxygen atoms in total. The highest BCUT2D eigenvalue weighted by Crippen LogP contribution is 2.64. The molecule has 5 rings (SSSR count). The minimum Gasteiger partial charge on any atom is -0.497 e. The van der Waals surface area contributed by atoms with E-state index in [0.717, 1.165) is 49.0 Å². The van der Waals surface area contributed by atoms with E-state index in [9.17, 15) is 8.42 Å². The number of halogens is 1. The van der Waals surface area contributed by atoms with E-state index in [0.29, 0.717) is 17.8 Å². The van der Waals surface area contributed by atoms with E-state index in [1.54, 1.807) is 19.2 Å². The lowest BCUT2D eigenvalue weighted by atomic mass is 9.54. The van der Waals surface area contributed by atoms with E-state index in [4.69, 9.17) is 11.3 Å². The van der Waals surface area contributed by atoms with Crippen molar-refractivity contribution < 1.29 is 13.2 Å². The number of fused-ring (bicyclic) bond motifs is 5. The van der Waals surface area contributed by atoms with Crippen LogP contribution in [-0.4, -0.2) is 25.7 Å². The molecule has 0 bridgehead atoms. The predicted molar refractivity (Wildman–Crippen MR) is 143 cm³/mol. The van der Waals surface area contributed by atoms with E-state index in [1.165, 1.54) is 11.1 Å². The predicted octanol–water partition coefficient (Wildman–Crippen LogP) is 6.88. The lowest BCUT2D eigenvalue weighted by Gasteiger charge is -2.51. The van der Waals surface area contributed by atoms with Crippen molar-refractivity contribution >= 4 is 25.8 Å². The molecule has 1 saturated carbocycles. The zero-order valence-electron chi connectivity index (χ0n) is 20.6. The summed E-state index contributed by atoms with van der Waals surface area (Å²) in [6.45, 7) is 12.4. The molecular formula is C29H32BrNO3S. The van der Waals surface area contributed by atoms with Crippen molar-refractivity contribution in [2.75, 3.05) is 12.4 Å². The van der Waals surface area contributed by atoms with Gasteiger partial charge in [0.1, 0.15) is 11.1 Å². The number of allylic oxidation sites excluding steroid dienone is 1. The quantitative estimate of drug-likeness (QED) is 0.230. The number of methoxy groups -OCH3 is 1. The zero-order valence-corrected chi connectivity index (χ0v) is 23.0. The minimum absolute atomic E-state index is 0.0740. The van der Waals surface area contributed by atoms with Gasteiger partial charge in [-0.05, 0) is 92.2 Å². The third kappa shape index (κ3) is 3.53. The van der Waals surface area contributed by atoms with Gasteiger partial charge >= 0.3 is 4.87 Å². The van der Waals surface area contributed by atoms with Gasteiger partial charge in [0, 0.05) is 11.0 Å². The van der Waals surface area contributed by atoms with Crippen LogP contribution in [0.3, 0.4) is 0 Å². The van der Waals surface area contributed by atoms with Crippen molar-refractivity contribution in [1.82, 2.24) is 0 Å². The second kappa shape index (κ2) is 8.78. The van der Waals surface area contributed by atoms with Crippen LogP contribution in [0.5, 0.6) is 5.75 Å². The summed E-state index contributed by atoms with van der Waals surface area (Å²) < 4.78 is 33.5. The molecular weight excluding hydrogens is 522 g/mol. The van der Waals surface area contributed by atoms with Crippen LogP contribution in [0, 0.1) is 30.7 Å². The lowest BCUT2D eigenvalue weighted by molar-refractivity contribution is 0.0720. The summed E-state index contributed by atoms with van der Waals surface area (Å²) in [5, 5.41) is 0.0740. The van der Waals surface area contributed by atoms with Gasteiger partial charge in [-0.25, -0.2) is 15.0 Å². The van der Waals surface area contributed by atoms with E-state index >= 15 is 0 Å². The molecule has 1 fully saturated rings. The van der Waals surface area contributed by atoms with Crippen molar-refractivity contribution in [2.24, 2.45) is 17.3 Å². The Balaban J connectivity index is 1.53. The molecule has 0 aliphatic heterocycles. The van der Waals surface area contributed by atoms with Crippen LogP contribution in [0.4, 0.5) is 0 Å². The van der Waals surface area contributed by atoms with Crippen LogP contribution in [-0.2, 0) is 16.3 Å². The summed E-state index contributed by atoms with van der Waals surface area (Å²) in [5.41, 5.74) is 4.32. The highest BCUT2D eigenvalue weighted by atomic mass is 79.9. The molecule has 0 saturated heterocycles. The number of benzene rings is 2. The molecule has 0 N–H and O–H groups in total. The smallest absolute Gasteiger partial charge is 0.364 e. The van der Waals surface area contributed by atoms with Crippen LogP contribution in [0.25, 0.3) is 4.85 Å². The van der Waals surface area contributed by atoms with E-state index < -0.39 is 14.7 Å². The molecule has 3 aliphatic rings. The molecule has 0 radical (unpaired) electrons. The molecule has 1 unspecified atom stereocenters. The fourth-order valence-electron chi connectivity index (χ4n) is 7.21. The van der Waals surface area contributed by atoms with Crippen molar-refractivity contribution in [3.8, 4) is 5.75 Å². The summed E-state index contributed by atoms with van der Waals surface area (Å²) >= 11 is 3.49. The Morgan fingerprint density at radius 2 is 1.94 bits per heavy atom. The van der Waals surface area contributed by atoms with Gasteiger partial charge < -0.3 is 4.74 Å². The van der Waals surface area contributed by atoms with Gasteiger partial charge in [-0.1, -0.05) is 52.7 Å². The van der Waals surface area contributed by atoms with Gasteiger partial charge in [0.25, 0.3) is 9.84 Å². The Kier molecular flexibility index (Phi) is 6.17. The number of alkyl halides is 1. The Bertz CT molecular complexity index is 1330. The highest BCUT2D eigenvalue weighted by molar-refractivity contribution is 9.09. The van der Waals surface area contributed by atoms with Crippen LogP contribution >= 0.6 is 15.9 Å². The molecule has 0 spiro atoms. The molecule has 35 heavy (non-hydrogen) atoms. The van der Waals surface area contributed by atoms with Gasteiger partial charge in [0.05, 0.1) is 12.0 Å². The van der Waals surface area contributed by atoms with Crippen LogP contribution in [0.1, 0.15) is 55.2 Å². The first kappa shape index (κ1) is 24.6. The number of aryl methyl sites for hydroxylation is 2. The maximum Gasteiger partial charge on any atom is 0.364 e. The van der Waals surface area contributed by atoms with E-state index in [2.05, 4.69) is 52.0 Å². The maximum absolute atomic E-state index is 14.0. The van der Waals surface area contributed by atoms with Gasteiger partial charge in [-0.15, -0.1) is 0 Å². The number of rotatable bonds is 5. The summed E-state index contributed by atoms with van der Waals surface area (Å²) in [6.07, 6.45) is 6.97. The number of sulfone groups is 1. The molecule has 0 aromatic heterocycles. The van der Waals surface area contributed by atoms with Crippen LogP contribution in [0.15, 0.2) is 59.0 Å². The zero-order chi connectivity index (χ0) is 25.0. The minimum atomic E-state index is -3.92. The van der Waals surface area contributed by atoms with Crippen molar-refractivity contribution in [3.05, 3.63) is 82.2 Å². The van der Waals surface area contributed by atoms with Gasteiger partial charge in [0.15, 0.2) is 0 Å². The van der Waals surface area contributed by atoms with Crippen molar-refractivity contribution in [1.29, 1.82) is 0 Å². The van der Waals surface area contributed by atoms with Gasteiger partial charge in [0.2, 0.25) is 0 Å². The van der Waals surface area contributed by atoms with Crippen LogP contribution in [0.2, 0.25) is 0 Å². The standard InChI is InChI=1S/C29H32BrNO3S/c1-19-5-9-22(10-6-19)35(32,33)29(18-30,31-3)27-14-13-26-25-11-7-20-17-21(34-4)8-12-23(20)24(25)15-16-28(26,27)2/h5-6,8-10,12,14,17,24-26H,7,11,13,15-16,18H2,1-2,4H3/t24-,25-,26+,28+,29?/m1/s1. The maximum atomic E-state index is 14.0. The fourth-order valence-corrected chi connectivity index (χ4v) is 10.3. The number of hydrogen-bond acceptors (Lipinski definition) is 3. The molecule has 6 heteroatoms. The van der Waals surface area contributed by atoms with Crippen molar-refractivity contribution in [2.45, 2.75) is 61.6 Å². The average Bonchev–Trinajstić information content (AvgIpc) is 3.22. The Hall–Kier alpha value is -2.10. The monoisotopic (exact) mass is 553 g/mol. The molecule has 3 aliphatic carbocycles. The SMILES string of the molecule is [C-]#[N+]C(CBr)(C1=CC[C@H]2[C@@H]3CCc4cc(OC)ccc4[C@H]3CC[C@]12C)S(=O)(=O)c1ccc(C)cc1. The largest absolute Gasteiger partial charge is 0.497 e. The molecule has 184 valence electrons. The van der Waals surface area contributed by atoms with Gasteiger partial charge in [-0.3, -0.25) is 4.85 Å². The molecule has 0 heterocycles. The summed E-state index contributed by atoms with van der Waals surface area (Å²) in [5.74, 6) is 2.23. The van der Waals surface area contributed by atoms with Crippen LogP contribution < -0.4 is 4.74 Å². The van der Waals surface area contributed by atoms with E-state index in [1.807, 2.05) is 19.1 Å². The normalized spacial score (nSPS) is 29.1. The Morgan fingerprint density at radius 1 is 1.20 bits per heavy atom. The number of ether oxygens (including phenoxy) is 1. The first-order chi connectivity index (χ1) is 16.7. The summed E-state index contributed by atoms with van der Waals surface area (Å²) in [6, 6.07) is 13.4. The number of nitrogens with zero attached hydrogens (tertiary/aromatic N) is 1. The van der Waals surface area contributed by atoms with Crippen molar-refractivity contribution in [3.63, 3.8) is 0 Å². The molecule has 0 amide bonds. The highest BCUT2D eigenvalue weighted by Gasteiger charge is 2.64. The molecule has 2 aromatic carbocycles. The lowest BCUT2D eigenvalue weighted by Crippen LogP contribution is -2.49. The van der Waals surface area contributed by atoms with Gasteiger partial charge in [-0.2, -0.15) is 0 Å². The molecule has 5 atom stereocenters. The second-order valence-corrected chi connectivity index (χ2v) is 13.4. The Morgan fingerprint density at radius 3 is 2.60 bits per heavy atom. The topological polar surface area (TPSA) is 47.7 Å². The summed E-state index contributed by atoms with van der Waals surface area (Å²) in [4.78, 5) is 2.52. The second-order valence-electron chi connectivity index (χ2n) is 10.6. The third-order valence-electron chi connectivity index (χ3n) is 9.07. The third-order valence-corrected chi connectivity index (χ3v) is 12.5. The first-order valence-corrected chi connectivity index (χ1v) is 15.0. The molecule has 2 aromatic rings. The first-order valence-electron chi connectivity index (χ1n) is 12.4. The summed E-state index contributed by atoms with van der Waals surface area (Å²) in [7, 11) is -2.21.